The molecule has 35 heavy (non-hydrogen) atoms. The molecule has 1 fully saturated rings. The minimum absolute atomic E-state index is 0.0576. The van der Waals surface area contributed by atoms with E-state index in [1.165, 1.54) is 11.8 Å². The first kappa shape index (κ1) is 23.1. The Balaban J connectivity index is 1.37. The Hall–Kier alpha value is -3.62. The molecule has 1 saturated heterocycles. The topological polar surface area (TPSA) is 79.0 Å². The van der Waals surface area contributed by atoms with Crippen LogP contribution in [0.25, 0.3) is 0 Å². The molecule has 0 aliphatic carbocycles. The number of methoxy groups -OCH3 is 1. The SMILES string of the molecule is COCCN1C(=O)c2ccccc2Sc2cc(NC(=O)[C@@H]3CC(=O)N(c4ccccc4)C3)ccc21. The highest BCUT2D eigenvalue weighted by Crippen LogP contribution is 2.42. The van der Waals surface area contributed by atoms with Crippen molar-refractivity contribution in [3.05, 3.63) is 78.4 Å². The van der Waals surface area contributed by atoms with Gasteiger partial charge in [-0.25, -0.2) is 0 Å². The summed E-state index contributed by atoms with van der Waals surface area (Å²) in [7, 11) is 1.61. The van der Waals surface area contributed by atoms with Gasteiger partial charge in [0.25, 0.3) is 5.91 Å². The first-order valence-electron chi connectivity index (χ1n) is 11.4. The molecule has 2 heterocycles. The Morgan fingerprint density at radius 1 is 1.03 bits per heavy atom. The van der Waals surface area contributed by atoms with Crippen LogP contribution in [-0.4, -0.2) is 44.5 Å². The molecule has 8 heteroatoms. The van der Waals surface area contributed by atoms with E-state index in [0.29, 0.717) is 30.9 Å². The van der Waals surface area contributed by atoms with Gasteiger partial charge in [0.1, 0.15) is 0 Å². The van der Waals surface area contributed by atoms with Crippen molar-refractivity contribution in [1.29, 1.82) is 0 Å². The van der Waals surface area contributed by atoms with Crippen molar-refractivity contribution in [2.75, 3.05) is 41.9 Å². The van der Waals surface area contributed by atoms with Gasteiger partial charge in [-0.15, -0.1) is 0 Å². The lowest BCUT2D eigenvalue weighted by molar-refractivity contribution is -0.122. The van der Waals surface area contributed by atoms with Crippen molar-refractivity contribution in [1.82, 2.24) is 0 Å². The van der Waals surface area contributed by atoms with Gasteiger partial charge in [-0.1, -0.05) is 42.1 Å². The molecule has 5 rings (SSSR count). The van der Waals surface area contributed by atoms with Crippen molar-refractivity contribution in [3.63, 3.8) is 0 Å². The maximum absolute atomic E-state index is 13.3. The first-order chi connectivity index (χ1) is 17.0. The largest absolute Gasteiger partial charge is 0.383 e. The number of benzene rings is 3. The highest BCUT2D eigenvalue weighted by Gasteiger charge is 2.35. The van der Waals surface area contributed by atoms with Crippen molar-refractivity contribution in [2.45, 2.75) is 16.2 Å². The van der Waals surface area contributed by atoms with Crippen molar-refractivity contribution >= 4 is 46.5 Å². The molecular formula is C27H25N3O4S. The zero-order valence-corrected chi connectivity index (χ0v) is 20.1. The van der Waals surface area contributed by atoms with E-state index in [1.807, 2.05) is 66.7 Å². The summed E-state index contributed by atoms with van der Waals surface area (Å²) in [6, 6.07) is 22.5. The molecule has 1 N–H and O–H groups in total. The van der Waals surface area contributed by atoms with Crippen LogP contribution in [0.4, 0.5) is 17.1 Å². The number of amides is 3. The van der Waals surface area contributed by atoms with Crippen LogP contribution in [0.2, 0.25) is 0 Å². The fraction of sp³-hybridized carbons (Fsp3) is 0.222. The number of hydrogen-bond acceptors (Lipinski definition) is 5. The van der Waals surface area contributed by atoms with Gasteiger partial charge in [0, 0.05) is 47.8 Å². The molecule has 3 aromatic rings. The fourth-order valence-corrected chi connectivity index (χ4v) is 5.51. The highest BCUT2D eigenvalue weighted by atomic mass is 32.2. The van der Waals surface area contributed by atoms with E-state index in [0.717, 1.165) is 21.2 Å². The predicted octanol–water partition coefficient (Wildman–Crippen LogP) is 4.44. The number of anilines is 3. The van der Waals surface area contributed by atoms with Gasteiger partial charge >= 0.3 is 0 Å². The summed E-state index contributed by atoms with van der Waals surface area (Å²) >= 11 is 1.50. The number of carbonyl (C=O) groups is 3. The van der Waals surface area contributed by atoms with Gasteiger partial charge in [0.2, 0.25) is 11.8 Å². The fourth-order valence-electron chi connectivity index (χ4n) is 4.39. The number of para-hydroxylation sites is 1. The number of ether oxygens (including phenoxy) is 1. The van der Waals surface area contributed by atoms with Crippen LogP contribution in [0.1, 0.15) is 16.8 Å². The quantitative estimate of drug-likeness (QED) is 0.556. The third kappa shape index (κ3) is 4.67. The number of carbonyl (C=O) groups excluding carboxylic acids is 3. The molecule has 0 saturated carbocycles. The molecule has 0 bridgehead atoms. The number of fused-ring (bicyclic) bond motifs is 2. The number of rotatable bonds is 6. The molecule has 0 radical (unpaired) electrons. The number of nitrogens with one attached hydrogen (secondary N) is 1. The highest BCUT2D eigenvalue weighted by molar-refractivity contribution is 7.99. The Morgan fingerprint density at radius 3 is 2.60 bits per heavy atom. The summed E-state index contributed by atoms with van der Waals surface area (Å²) in [6.07, 6.45) is 0.174. The normalized spacial score (nSPS) is 17.1. The average molecular weight is 488 g/mol. The standard InChI is InChI=1S/C27H25N3O4S/c1-34-14-13-29-22-12-11-19(16-24(22)35-23-10-6-5-9-21(23)27(29)33)28-26(32)18-15-25(31)30(17-18)20-7-3-2-4-8-20/h2-12,16,18H,13-15,17H2,1H3,(H,28,32)/t18-/m1/s1. The van der Waals surface area contributed by atoms with Gasteiger partial charge in [0.05, 0.1) is 23.8 Å². The second kappa shape index (κ2) is 9.93. The average Bonchev–Trinajstić information content (AvgIpc) is 3.22. The molecule has 3 aromatic carbocycles. The van der Waals surface area contributed by atoms with Crippen LogP contribution >= 0.6 is 11.8 Å². The van der Waals surface area contributed by atoms with Gasteiger partial charge in [-0.2, -0.15) is 0 Å². The smallest absolute Gasteiger partial charge is 0.259 e. The van der Waals surface area contributed by atoms with Gasteiger partial charge in [0.15, 0.2) is 0 Å². The Morgan fingerprint density at radius 2 is 1.80 bits per heavy atom. The summed E-state index contributed by atoms with van der Waals surface area (Å²) in [5, 5.41) is 2.98. The maximum Gasteiger partial charge on any atom is 0.259 e. The zero-order valence-electron chi connectivity index (χ0n) is 19.3. The third-order valence-electron chi connectivity index (χ3n) is 6.18. The van der Waals surface area contributed by atoms with Crippen molar-refractivity contribution in [2.24, 2.45) is 5.92 Å². The van der Waals surface area contributed by atoms with E-state index in [4.69, 9.17) is 4.74 Å². The second-order valence-corrected chi connectivity index (χ2v) is 9.54. The first-order valence-corrected chi connectivity index (χ1v) is 12.2. The number of nitrogens with zero attached hydrogens (tertiary/aromatic N) is 2. The zero-order chi connectivity index (χ0) is 24.4. The Bertz CT molecular complexity index is 1280. The van der Waals surface area contributed by atoms with E-state index in [9.17, 15) is 14.4 Å². The molecule has 7 nitrogen and oxygen atoms in total. The molecule has 2 aliphatic heterocycles. The Labute approximate surface area is 208 Å². The molecular weight excluding hydrogens is 462 g/mol. The van der Waals surface area contributed by atoms with Crippen molar-refractivity contribution < 1.29 is 19.1 Å². The maximum atomic E-state index is 13.3. The summed E-state index contributed by atoms with van der Waals surface area (Å²) in [4.78, 5) is 44.0. The van der Waals surface area contributed by atoms with E-state index in [1.54, 1.807) is 23.0 Å². The van der Waals surface area contributed by atoms with E-state index >= 15 is 0 Å². The number of hydrogen-bond donors (Lipinski definition) is 1. The summed E-state index contributed by atoms with van der Waals surface area (Å²) in [6.45, 7) is 1.17. The minimum Gasteiger partial charge on any atom is -0.383 e. The van der Waals surface area contributed by atoms with E-state index < -0.39 is 5.92 Å². The van der Waals surface area contributed by atoms with Gasteiger partial charge < -0.3 is 19.9 Å². The third-order valence-corrected chi connectivity index (χ3v) is 7.31. The van der Waals surface area contributed by atoms with Crippen molar-refractivity contribution in [3.8, 4) is 0 Å². The summed E-state index contributed by atoms with van der Waals surface area (Å²) < 4.78 is 5.23. The molecule has 0 unspecified atom stereocenters. The van der Waals surface area contributed by atoms with E-state index in [-0.39, 0.29) is 24.1 Å². The lowest BCUT2D eigenvalue weighted by Crippen LogP contribution is -2.33. The molecule has 1 atom stereocenters. The lowest BCUT2D eigenvalue weighted by Gasteiger charge is -2.23. The van der Waals surface area contributed by atoms with Crippen LogP contribution in [0.3, 0.4) is 0 Å². The van der Waals surface area contributed by atoms with Crippen LogP contribution in [-0.2, 0) is 14.3 Å². The van der Waals surface area contributed by atoms with Crippen LogP contribution in [0.15, 0.2) is 82.6 Å². The molecule has 0 aromatic heterocycles. The second-order valence-electron chi connectivity index (χ2n) is 8.46. The lowest BCUT2D eigenvalue weighted by atomic mass is 10.1. The van der Waals surface area contributed by atoms with Crippen LogP contribution in [0.5, 0.6) is 0 Å². The minimum atomic E-state index is -0.435. The summed E-state index contributed by atoms with van der Waals surface area (Å²) in [5.41, 5.74) is 2.84. The van der Waals surface area contributed by atoms with Crippen LogP contribution in [0, 0.1) is 5.92 Å². The van der Waals surface area contributed by atoms with Gasteiger partial charge in [-0.05, 0) is 42.5 Å². The van der Waals surface area contributed by atoms with Gasteiger partial charge in [-0.3, -0.25) is 14.4 Å². The summed E-state index contributed by atoms with van der Waals surface area (Å²) in [5.74, 6) is -0.762. The Kier molecular flexibility index (Phi) is 6.57. The molecule has 3 amide bonds. The predicted molar refractivity (Wildman–Crippen MR) is 136 cm³/mol. The monoisotopic (exact) mass is 487 g/mol. The molecule has 178 valence electrons. The molecule has 2 aliphatic rings. The van der Waals surface area contributed by atoms with Crippen LogP contribution < -0.4 is 15.1 Å². The van der Waals surface area contributed by atoms with E-state index in [2.05, 4.69) is 5.32 Å². The molecule has 0 spiro atoms.